The molecule has 0 aliphatic heterocycles. The van der Waals surface area contributed by atoms with E-state index in [-0.39, 0.29) is 18.1 Å². The van der Waals surface area contributed by atoms with E-state index in [0.717, 1.165) is 4.68 Å². The Kier molecular flexibility index (Phi) is 3.81. The van der Waals surface area contributed by atoms with Crippen LogP contribution in [0.2, 0.25) is 0 Å². The highest BCUT2D eigenvalue weighted by Crippen LogP contribution is 1.93. The third-order valence-electron chi connectivity index (χ3n) is 2.14. The summed E-state index contributed by atoms with van der Waals surface area (Å²) in [6.45, 7) is 0.241. The summed E-state index contributed by atoms with van der Waals surface area (Å²) in [6, 6.07) is 0. The number of carboxylic acid groups (broad SMARTS) is 1. The largest absolute Gasteiger partial charge is 0.476 e. The van der Waals surface area contributed by atoms with E-state index in [9.17, 15) is 9.59 Å². The van der Waals surface area contributed by atoms with Gasteiger partial charge < -0.3 is 14.9 Å². The predicted octanol–water partition coefficient (Wildman–Crippen LogP) is -1.28. The van der Waals surface area contributed by atoms with Crippen molar-refractivity contribution in [3.8, 4) is 0 Å². The first-order chi connectivity index (χ1) is 9.15. The van der Waals surface area contributed by atoms with Gasteiger partial charge >= 0.3 is 5.97 Å². The minimum Gasteiger partial charge on any atom is -0.476 e. The Bertz CT molecular complexity index is 563. The summed E-state index contributed by atoms with van der Waals surface area (Å²) in [7, 11) is 0. The van der Waals surface area contributed by atoms with Crippen LogP contribution >= 0.6 is 0 Å². The molecule has 0 bridgehead atoms. The molecule has 0 unspecified atom stereocenters. The zero-order valence-corrected chi connectivity index (χ0v) is 9.68. The van der Waals surface area contributed by atoms with Crippen LogP contribution in [-0.4, -0.2) is 48.7 Å². The average Bonchev–Trinajstić information content (AvgIpc) is 3.00. The van der Waals surface area contributed by atoms with Crippen LogP contribution in [0, 0.1) is 0 Å². The van der Waals surface area contributed by atoms with E-state index in [2.05, 4.69) is 30.3 Å². The maximum Gasteiger partial charge on any atom is 0.358 e. The van der Waals surface area contributed by atoms with Gasteiger partial charge in [-0.2, -0.15) is 4.98 Å². The van der Waals surface area contributed by atoms with Crippen molar-refractivity contribution < 1.29 is 19.2 Å². The molecule has 0 aliphatic carbocycles. The monoisotopic (exact) mass is 266 g/mol. The lowest BCUT2D eigenvalue weighted by Gasteiger charge is -2.02. The molecule has 0 saturated heterocycles. The zero-order valence-electron chi connectivity index (χ0n) is 9.68. The first-order valence-corrected chi connectivity index (χ1v) is 5.30. The second-order valence-corrected chi connectivity index (χ2v) is 3.55. The van der Waals surface area contributed by atoms with Gasteiger partial charge in [-0.15, -0.1) is 5.10 Å². The van der Waals surface area contributed by atoms with E-state index < -0.39 is 5.97 Å². The third kappa shape index (κ3) is 3.59. The topological polar surface area (TPSA) is 136 Å². The molecule has 10 nitrogen and oxygen atoms in total. The van der Waals surface area contributed by atoms with Crippen molar-refractivity contribution in [3.63, 3.8) is 0 Å². The predicted molar refractivity (Wildman–Crippen MR) is 58.0 cm³/mol. The van der Waals surface area contributed by atoms with Gasteiger partial charge in [0.2, 0.25) is 12.3 Å². The molecular weight excluding hydrogens is 256 g/mol. The molecule has 0 atom stereocenters. The van der Waals surface area contributed by atoms with Crippen LogP contribution in [0.15, 0.2) is 17.1 Å². The SMILES string of the molecule is O=C(Cn1cc(C(=O)O)nn1)NCCc1ncon1. The number of nitrogens with zero attached hydrogens (tertiary/aromatic N) is 5. The Morgan fingerprint density at radius 3 is 2.95 bits per heavy atom. The van der Waals surface area contributed by atoms with Crippen LogP contribution in [0.4, 0.5) is 0 Å². The Hall–Kier alpha value is -2.78. The van der Waals surface area contributed by atoms with Crippen LogP contribution < -0.4 is 5.32 Å². The molecule has 0 aromatic carbocycles. The van der Waals surface area contributed by atoms with E-state index in [0.29, 0.717) is 18.8 Å². The minimum atomic E-state index is -1.19. The molecule has 2 aromatic rings. The standard InChI is InChI=1S/C9H10N6O4/c16-8(10-2-1-7-11-5-19-13-7)4-15-3-6(9(17)18)12-14-15/h3,5H,1-2,4H2,(H,10,16)(H,17,18). The number of carbonyl (C=O) groups excluding carboxylic acids is 1. The van der Waals surface area contributed by atoms with Crippen molar-refractivity contribution >= 4 is 11.9 Å². The van der Waals surface area contributed by atoms with E-state index in [4.69, 9.17) is 5.11 Å². The summed E-state index contributed by atoms with van der Waals surface area (Å²) in [5.41, 5.74) is -0.209. The number of nitrogens with one attached hydrogen (secondary N) is 1. The molecular formula is C9H10N6O4. The highest BCUT2D eigenvalue weighted by Gasteiger charge is 2.10. The molecule has 0 fully saturated rings. The Morgan fingerprint density at radius 1 is 1.47 bits per heavy atom. The smallest absolute Gasteiger partial charge is 0.358 e. The molecule has 0 radical (unpaired) electrons. The summed E-state index contributed by atoms with van der Waals surface area (Å²) >= 11 is 0. The number of aromatic nitrogens is 5. The molecule has 19 heavy (non-hydrogen) atoms. The molecule has 0 aliphatic rings. The van der Waals surface area contributed by atoms with E-state index in [1.165, 1.54) is 12.6 Å². The van der Waals surface area contributed by atoms with Crippen molar-refractivity contribution in [1.29, 1.82) is 0 Å². The molecule has 0 saturated carbocycles. The highest BCUT2D eigenvalue weighted by atomic mass is 16.5. The van der Waals surface area contributed by atoms with E-state index in [1.807, 2.05) is 0 Å². The normalized spacial score (nSPS) is 10.3. The van der Waals surface area contributed by atoms with Crippen LogP contribution in [0.5, 0.6) is 0 Å². The number of hydrogen-bond donors (Lipinski definition) is 2. The minimum absolute atomic E-state index is 0.105. The lowest BCUT2D eigenvalue weighted by atomic mass is 10.4. The first kappa shape index (κ1) is 12.7. The summed E-state index contributed by atoms with van der Waals surface area (Å²) in [5, 5.41) is 21.8. The molecule has 0 spiro atoms. The van der Waals surface area contributed by atoms with Crippen LogP contribution in [0.25, 0.3) is 0 Å². The van der Waals surface area contributed by atoms with Gasteiger partial charge in [0, 0.05) is 13.0 Å². The van der Waals surface area contributed by atoms with Gasteiger partial charge in [0.05, 0.1) is 6.20 Å². The molecule has 100 valence electrons. The molecule has 1 amide bonds. The number of rotatable bonds is 6. The lowest BCUT2D eigenvalue weighted by molar-refractivity contribution is -0.121. The number of carboxylic acids is 1. The second-order valence-electron chi connectivity index (χ2n) is 3.55. The molecule has 10 heteroatoms. The third-order valence-corrected chi connectivity index (χ3v) is 2.14. The maximum absolute atomic E-state index is 11.5. The fourth-order valence-electron chi connectivity index (χ4n) is 1.29. The summed E-state index contributed by atoms with van der Waals surface area (Å²) in [4.78, 5) is 25.9. The summed E-state index contributed by atoms with van der Waals surface area (Å²) in [6.07, 6.45) is 2.83. The second kappa shape index (κ2) is 5.71. The van der Waals surface area contributed by atoms with E-state index in [1.54, 1.807) is 0 Å². The van der Waals surface area contributed by atoms with Gasteiger partial charge in [0.1, 0.15) is 6.54 Å². The number of carbonyl (C=O) groups is 2. The van der Waals surface area contributed by atoms with Crippen LogP contribution in [0.3, 0.4) is 0 Å². The fraction of sp³-hybridized carbons (Fsp3) is 0.333. The van der Waals surface area contributed by atoms with Crippen molar-refractivity contribution in [1.82, 2.24) is 30.5 Å². The maximum atomic E-state index is 11.5. The van der Waals surface area contributed by atoms with Gasteiger partial charge in [-0.3, -0.25) is 4.79 Å². The van der Waals surface area contributed by atoms with Crippen molar-refractivity contribution in [2.75, 3.05) is 6.54 Å². The van der Waals surface area contributed by atoms with E-state index >= 15 is 0 Å². The molecule has 2 N–H and O–H groups in total. The van der Waals surface area contributed by atoms with Crippen LogP contribution in [-0.2, 0) is 17.8 Å². The number of amides is 1. The van der Waals surface area contributed by atoms with Crippen molar-refractivity contribution in [3.05, 3.63) is 24.1 Å². The van der Waals surface area contributed by atoms with Crippen molar-refractivity contribution in [2.24, 2.45) is 0 Å². The molecule has 2 rings (SSSR count). The quantitative estimate of drug-likeness (QED) is 0.659. The van der Waals surface area contributed by atoms with Gasteiger partial charge in [-0.05, 0) is 0 Å². The van der Waals surface area contributed by atoms with Crippen molar-refractivity contribution in [2.45, 2.75) is 13.0 Å². The fourth-order valence-corrected chi connectivity index (χ4v) is 1.29. The van der Waals surface area contributed by atoms with Gasteiger partial charge in [0.25, 0.3) is 0 Å². The molecule has 2 aromatic heterocycles. The zero-order chi connectivity index (χ0) is 13.7. The Morgan fingerprint density at radius 2 is 2.32 bits per heavy atom. The lowest BCUT2D eigenvalue weighted by Crippen LogP contribution is -2.29. The summed E-state index contributed by atoms with van der Waals surface area (Å²) < 4.78 is 5.69. The Labute approximate surface area is 106 Å². The first-order valence-electron chi connectivity index (χ1n) is 5.30. The highest BCUT2D eigenvalue weighted by molar-refractivity contribution is 5.84. The number of aromatic carboxylic acids is 1. The van der Waals surface area contributed by atoms with Gasteiger partial charge in [-0.1, -0.05) is 10.4 Å². The van der Waals surface area contributed by atoms with Gasteiger partial charge in [0.15, 0.2) is 11.5 Å². The summed E-state index contributed by atoms with van der Waals surface area (Å²) in [5.74, 6) is -1.01. The van der Waals surface area contributed by atoms with Crippen LogP contribution in [0.1, 0.15) is 16.3 Å². The molecule has 2 heterocycles. The average molecular weight is 266 g/mol. The number of hydrogen-bond acceptors (Lipinski definition) is 7. The van der Waals surface area contributed by atoms with Gasteiger partial charge in [-0.25, -0.2) is 9.48 Å². The Balaban J connectivity index is 1.75.